The van der Waals surface area contributed by atoms with Crippen LogP contribution >= 0.6 is 0 Å². The maximum atomic E-state index is 14.8. The standard InChI is InChI=1S/C23H25F2N3O/c1-5-10-28-21-12-20(25)17(11-19(21)15(2)13-23(28,3)4)14-26-27-22(29)16-6-8-18(24)9-7-16/h6-9,11-14H,5,10H2,1-4H3,(H,27,29)/b26-14-. The van der Waals surface area contributed by atoms with Crippen LogP contribution in [-0.2, 0) is 0 Å². The lowest BCUT2D eigenvalue weighted by Gasteiger charge is -2.43. The van der Waals surface area contributed by atoms with Gasteiger partial charge >= 0.3 is 0 Å². The van der Waals surface area contributed by atoms with Crippen molar-refractivity contribution in [2.45, 2.75) is 39.7 Å². The van der Waals surface area contributed by atoms with E-state index in [9.17, 15) is 13.6 Å². The highest BCUT2D eigenvalue weighted by Crippen LogP contribution is 2.39. The lowest BCUT2D eigenvalue weighted by molar-refractivity contribution is 0.0955. The summed E-state index contributed by atoms with van der Waals surface area (Å²) in [5, 5.41) is 3.87. The number of carbonyl (C=O) groups is 1. The highest BCUT2D eigenvalue weighted by molar-refractivity contribution is 5.95. The Labute approximate surface area is 169 Å². The van der Waals surface area contributed by atoms with E-state index in [0.717, 1.165) is 29.8 Å². The number of amides is 1. The lowest BCUT2D eigenvalue weighted by atomic mass is 9.88. The summed E-state index contributed by atoms with van der Waals surface area (Å²) in [6, 6.07) is 8.39. The average molecular weight is 397 g/mol. The first-order valence-electron chi connectivity index (χ1n) is 9.63. The summed E-state index contributed by atoms with van der Waals surface area (Å²) in [6.07, 6.45) is 4.42. The molecule has 0 bridgehead atoms. The predicted octanol–water partition coefficient (Wildman–Crippen LogP) is 5.14. The van der Waals surface area contributed by atoms with E-state index in [2.05, 4.69) is 42.3 Å². The number of benzene rings is 2. The molecule has 6 heteroatoms. The zero-order valence-electron chi connectivity index (χ0n) is 17.1. The number of fused-ring (bicyclic) bond motifs is 1. The van der Waals surface area contributed by atoms with Crippen LogP contribution in [0.15, 0.2) is 47.6 Å². The fraction of sp³-hybridized carbons (Fsp3) is 0.304. The maximum absolute atomic E-state index is 14.8. The van der Waals surface area contributed by atoms with Crippen LogP contribution in [-0.4, -0.2) is 24.2 Å². The van der Waals surface area contributed by atoms with Crippen LogP contribution < -0.4 is 10.3 Å². The normalized spacial score (nSPS) is 15.2. The molecule has 0 spiro atoms. The third-order valence-electron chi connectivity index (χ3n) is 5.02. The first-order chi connectivity index (χ1) is 13.7. The van der Waals surface area contributed by atoms with Crippen molar-refractivity contribution in [1.82, 2.24) is 5.43 Å². The van der Waals surface area contributed by atoms with E-state index in [1.165, 1.54) is 36.5 Å². The van der Waals surface area contributed by atoms with Crippen molar-refractivity contribution in [2.24, 2.45) is 5.10 Å². The van der Waals surface area contributed by atoms with Gasteiger partial charge in [0, 0.05) is 28.9 Å². The second-order valence-corrected chi connectivity index (χ2v) is 7.73. The zero-order valence-corrected chi connectivity index (χ0v) is 17.1. The number of hydrogen-bond acceptors (Lipinski definition) is 3. The molecule has 29 heavy (non-hydrogen) atoms. The van der Waals surface area contributed by atoms with E-state index in [1.54, 1.807) is 6.07 Å². The van der Waals surface area contributed by atoms with E-state index in [0.29, 0.717) is 0 Å². The number of anilines is 1. The molecule has 2 aromatic rings. The number of hydrogen-bond donors (Lipinski definition) is 1. The van der Waals surface area contributed by atoms with Crippen LogP contribution in [0.4, 0.5) is 14.5 Å². The number of hydrazone groups is 1. The third-order valence-corrected chi connectivity index (χ3v) is 5.02. The number of carbonyl (C=O) groups excluding carboxylic acids is 1. The quantitative estimate of drug-likeness (QED) is 0.561. The topological polar surface area (TPSA) is 44.7 Å². The van der Waals surface area contributed by atoms with Crippen molar-refractivity contribution in [3.63, 3.8) is 0 Å². The Kier molecular flexibility index (Phi) is 5.82. The fourth-order valence-electron chi connectivity index (χ4n) is 3.67. The van der Waals surface area contributed by atoms with Gasteiger partial charge in [0.25, 0.3) is 5.91 Å². The highest BCUT2D eigenvalue weighted by atomic mass is 19.1. The second-order valence-electron chi connectivity index (χ2n) is 7.73. The van der Waals surface area contributed by atoms with Gasteiger partial charge in [-0.1, -0.05) is 13.0 Å². The van der Waals surface area contributed by atoms with Crippen LogP contribution in [0, 0.1) is 11.6 Å². The summed E-state index contributed by atoms with van der Waals surface area (Å²) in [4.78, 5) is 14.2. The van der Waals surface area contributed by atoms with Crippen LogP contribution in [0.1, 0.15) is 55.6 Å². The van der Waals surface area contributed by atoms with Gasteiger partial charge in [-0.15, -0.1) is 0 Å². The first kappa shape index (κ1) is 20.7. The molecule has 0 saturated carbocycles. The van der Waals surface area contributed by atoms with Gasteiger partial charge in [0.05, 0.1) is 11.8 Å². The molecular formula is C23H25F2N3O. The van der Waals surface area contributed by atoms with Crippen LogP contribution in [0.5, 0.6) is 0 Å². The lowest BCUT2D eigenvalue weighted by Crippen LogP contribution is -2.45. The van der Waals surface area contributed by atoms with Crippen molar-refractivity contribution < 1.29 is 13.6 Å². The van der Waals surface area contributed by atoms with Gasteiger partial charge in [-0.2, -0.15) is 5.10 Å². The number of rotatable bonds is 5. The highest BCUT2D eigenvalue weighted by Gasteiger charge is 2.31. The van der Waals surface area contributed by atoms with Gasteiger partial charge in [0.15, 0.2) is 0 Å². The van der Waals surface area contributed by atoms with Gasteiger partial charge in [0.2, 0.25) is 0 Å². The maximum Gasteiger partial charge on any atom is 0.271 e. The second kappa shape index (κ2) is 8.15. The fourth-order valence-corrected chi connectivity index (χ4v) is 3.67. The molecule has 1 aliphatic heterocycles. The van der Waals surface area contributed by atoms with Gasteiger partial charge in [-0.25, -0.2) is 14.2 Å². The van der Waals surface area contributed by atoms with E-state index < -0.39 is 17.5 Å². The van der Waals surface area contributed by atoms with E-state index in [4.69, 9.17) is 0 Å². The molecule has 0 saturated heterocycles. The van der Waals surface area contributed by atoms with Crippen LogP contribution in [0.25, 0.3) is 5.57 Å². The Morgan fingerprint density at radius 3 is 2.55 bits per heavy atom. The van der Waals surface area contributed by atoms with Crippen molar-refractivity contribution >= 4 is 23.4 Å². The summed E-state index contributed by atoms with van der Waals surface area (Å²) in [7, 11) is 0. The van der Waals surface area contributed by atoms with Gasteiger partial charge < -0.3 is 4.90 Å². The first-order valence-corrected chi connectivity index (χ1v) is 9.63. The monoisotopic (exact) mass is 397 g/mol. The van der Waals surface area contributed by atoms with Crippen molar-refractivity contribution in [1.29, 1.82) is 0 Å². The smallest absolute Gasteiger partial charge is 0.271 e. The molecule has 1 amide bonds. The molecule has 1 aliphatic rings. The van der Waals surface area contributed by atoms with Crippen molar-refractivity contribution in [2.75, 3.05) is 11.4 Å². The molecule has 1 heterocycles. The Bertz CT molecular complexity index is 978. The Hall–Kier alpha value is -3.02. The molecule has 1 N–H and O–H groups in total. The number of halogens is 2. The largest absolute Gasteiger partial charge is 0.362 e. The molecule has 0 radical (unpaired) electrons. The van der Waals surface area contributed by atoms with Gasteiger partial charge in [-0.3, -0.25) is 4.79 Å². The molecule has 0 atom stereocenters. The van der Waals surface area contributed by atoms with E-state index in [1.807, 2.05) is 6.92 Å². The van der Waals surface area contributed by atoms with Gasteiger partial charge in [-0.05, 0) is 69.2 Å². The van der Waals surface area contributed by atoms with Crippen molar-refractivity contribution in [3.8, 4) is 0 Å². The number of allylic oxidation sites excluding steroid dienone is 1. The summed E-state index contributed by atoms with van der Waals surface area (Å²) < 4.78 is 27.7. The molecule has 0 fully saturated rings. The molecular weight excluding hydrogens is 372 g/mol. The molecule has 0 unspecified atom stereocenters. The summed E-state index contributed by atoms with van der Waals surface area (Å²) in [6.45, 7) is 9.17. The van der Waals surface area contributed by atoms with Crippen LogP contribution in [0.3, 0.4) is 0 Å². The number of nitrogens with zero attached hydrogens (tertiary/aromatic N) is 2. The predicted molar refractivity (Wildman–Crippen MR) is 113 cm³/mol. The van der Waals surface area contributed by atoms with Crippen LogP contribution in [0.2, 0.25) is 0 Å². The summed E-state index contributed by atoms with van der Waals surface area (Å²) in [5.74, 6) is -1.33. The Morgan fingerprint density at radius 1 is 1.21 bits per heavy atom. The minimum Gasteiger partial charge on any atom is -0.362 e. The zero-order chi connectivity index (χ0) is 21.2. The van der Waals surface area contributed by atoms with Crippen molar-refractivity contribution in [3.05, 3.63) is 70.8 Å². The molecule has 0 aromatic heterocycles. The molecule has 152 valence electrons. The molecule has 3 rings (SSSR count). The number of nitrogens with one attached hydrogen (secondary N) is 1. The average Bonchev–Trinajstić information content (AvgIpc) is 2.66. The summed E-state index contributed by atoms with van der Waals surface area (Å²) in [5.41, 5.74) is 5.59. The minimum atomic E-state index is -0.494. The molecule has 4 nitrogen and oxygen atoms in total. The minimum absolute atomic E-state index is 0.196. The summed E-state index contributed by atoms with van der Waals surface area (Å²) >= 11 is 0. The van der Waals surface area contributed by atoms with E-state index in [-0.39, 0.29) is 16.7 Å². The van der Waals surface area contributed by atoms with E-state index >= 15 is 0 Å². The van der Waals surface area contributed by atoms with Gasteiger partial charge in [0.1, 0.15) is 11.6 Å². The Balaban J connectivity index is 1.85. The molecule has 2 aromatic carbocycles. The third kappa shape index (κ3) is 4.36. The Morgan fingerprint density at radius 2 is 1.90 bits per heavy atom. The SMILES string of the molecule is CCCN1c2cc(F)c(/C=N\NC(=O)c3ccc(F)cc3)cc2C(C)=CC1(C)C. The molecule has 0 aliphatic carbocycles.